The van der Waals surface area contributed by atoms with Crippen molar-refractivity contribution >= 4 is 34.0 Å². The summed E-state index contributed by atoms with van der Waals surface area (Å²) in [5.74, 6) is 2.51. The van der Waals surface area contributed by atoms with E-state index in [1.54, 1.807) is 0 Å². The third-order valence-corrected chi connectivity index (χ3v) is 4.59. The Balaban J connectivity index is 1.67. The number of nitrogens with zero attached hydrogens (tertiary/aromatic N) is 2. The Morgan fingerprint density at radius 3 is 2.95 bits per heavy atom. The number of nitrogens with one attached hydrogen (secondary N) is 1. The van der Waals surface area contributed by atoms with Crippen molar-refractivity contribution in [2.24, 2.45) is 0 Å². The number of aromatic nitrogens is 1. The second-order valence-electron chi connectivity index (χ2n) is 4.98. The van der Waals surface area contributed by atoms with Crippen molar-refractivity contribution in [2.75, 3.05) is 48.7 Å². The fourth-order valence-electron chi connectivity index (χ4n) is 2.51. The molecule has 0 amide bonds. The molecule has 106 valence electrons. The number of anilines is 2. The van der Waals surface area contributed by atoms with Crippen LogP contribution in [0.1, 0.15) is 0 Å². The maximum atomic E-state index is 5.99. The van der Waals surface area contributed by atoms with E-state index in [0.29, 0.717) is 0 Å². The summed E-state index contributed by atoms with van der Waals surface area (Å²) in [6.07, 6.45) is 1.81. The second-order valence-corrected chi connectivity index (χ2v) is 6.21. The van der Waals surface area contributed by atoms with Gasteiger partial charge in [0.15, 0.2) is 0 Å². The van der Waals surface area contributed by atoms with Crippen LogP contribution in [0.5, 0.6) is 0 Å². The maximum absolute atomic E-state index is 5.99. The maximum Gasteiger partial charge on any atom is 0.0953 e. The zero-order chi connectivity index (χ0) is 13.8. The molecule has 0 radical (unpaired) electrons. The van der Waals surface area contributed by atoms with Crippen LogP contribution in [0.4, 0.5) is 11.4 Å². The summed E-state index contributed by atoms with van der Waals surface area (Å²) in [7, 11) is 0. The number of thioether (sulfide) groups is 1. The number of benzene rings is 1. The standard InChI is InChI=1S/C15H20N4S/c16-13-3-4-14(15-12(13)2-1-5-18-15)17-6-7-19-8-10-20-11-9-19/h1-5,17H,6-11,16H2. The summed E-state index contributed by atoms with van der Waals surface area (Å²) in [5.41, 5.74) is 8.81. The van der Waals surface area contributed by atoms with Crippen LogP contribution in [-0.2, 0) is 0 Å². The molecule has 1 fully saturated rings. The average molecular weight is 288 g/mol. The molecule has 20 heavy (non-hydrogen) atoms. The summed E-state index contributed by atoms with van der Waals surface area (Å²) in [6.45, 7) is 4.43. The molecule has 5 heteroatoms. The topological polar surface area (TPSA) is 54.2 Å². The van der Waals surface area contributed by atoms with Gasteiger partial charge >= 0.3 is 0 Å². The van der Waals surface area contributed by atoms with Gasteiger partial charge in [0.1, 0.15) is 0 Å². The number of nitrogens with two attached hydrogens (primary N) is 1. The lowest BCUT2D eigenvalue weighted by molar-refractivity contribution is 0.314. The quantitative estimate of drug-likeness (QED) is 0.845. The summed E-state index contributed by atoms with van der Waals surface area (Å²) < 4.78 is 0. The molecule has 0 saturated carbocycles. The molecule has 1 aliphatic heterocycles. The molecule has 1 aromatic heterocycles. The second kappa shape index (κ2) is 6.33. The summed E-state index contributed by atoms with van der Waals surface area (Å²) in [4.78, 5) is 6.96. The SMILES string of the molecule is Nc1ccc(NCCN2CCSCC2)c2ncccc12. The average Bonchev–Trinajstić information content (AvgIpc) is 2.51. The van der Waals surface area contributed by atoms with Crippen LogP contribution in [0.25, 0.3) is 10.9 Å². The van der Waals surface area contributed by atoms with Gasteiger partial charge in [0.05, 0.1) is 11.2 Å². The Bertz CT molecular complexity index is 581. The zero-order valence-corrected chi connectivity index (χ0v) is 12.3. The van der Waals surface area contributed by atoms with Gasteiger partial charge in [-0.15, -0.1) is 0 Å². The van der Waals surface area contributed by atoms with Gasteiger partial charge in [0, 0.05) is 55.0 Å². The van der Waals surface area contributed by atoms with Gasteiger partial charge in [-0.2, -0.15) is 11.8 Å². The van der Waals surface area contributed by atoms with E-state index >= 15 is 0 Å². The first kappa shape index (κ1) is 13.5. The van der Waals surface area contributed by atoms with Crippen molar-refractivity contribution in [2.45, 2.75) is 0 Å². The van der Waals surface area contributed by atoms with Gasteiger partial charge in [-0.05, 0) is 24.3 Å². The zero-order valence-electron chi connectivity index (χ0n) is 11.5. The van der Waals surface area contributed by atoms with Gasteiger partial charge in [0.25, 0.3) is 0 Å². The molecule has 2 aromatic rings. The molecule has 4 nitrogen and oxygen atoms in total. The van der Waals surface area contributed by atoms with Crippen molar-refractivity contribution in [3.8, 4) is 0 Å². The predicted octanol–water partition coefficient (Wildman–Crippen LogP) is 2.28. The van der Waals surface area contributed by atoms with Crippen LogP contribution in [0.2, 0.25) is 0 Å². The number of nitrogen functional groups attached to an aromatic ring is 1. The Morgan fingerprint density at radius 1 is 1.25 bits per heavy atom. The van der Waals surface area contributed by atoms with Crippen molar-refractivity contribution in [1.82, 2.24) is 9.88 Å². The Kier molecular flexibility index (Phi) is 4.28. The summed E-state index contributed by atoms with van der Waals surface area (Å²) in [5, 5.41) is 4.52. The first-order valence-corrected chi connectivity index (χ1v) is 8.17. The summed E-state index contributed by atoms with van der Waals surface area (Å²) in [6, 6.07) is 7.92. The van der Waals surface area contributed by atoms with Gasteiger partial charge in [0.2, 0.25) is 0 Å². The van der Waals surface area contributed by atoms with Crippen LogP contribution >= 0.6 is 11.8 Å². The third-order valence-electron chi connectivity index (χ3n) is 3.65. The van der Waals surface area contributed by atoms with E-state index in [1.165, 1.54) is 24.6 Å². The molecule has 0 spiro atoms. The van der Waals surface area contributed by atoms with E-state index in [2.05, 4.69) is 15.2 Å². The van der Waals surface area contributed by atoms with Crippen LogP contribution in [-0.4, -0.2) is 47.6 Å². The van der Waals surface area contributed by atoms with Gasteiger partial charge < -0.3 is 11.1 Å². The molecular formula is C15H20N4S. The van der Waals surface area contributed by atoms with Crippen LogP contribution in [0.15, 0.2) is 30.5 Å². The number of fused-ring (bicyclic) bond motifs is 1. The highest BCUT2D eigenvalue weighted by atomic mass is 32.2. The van der Waals surface area contributed by atoms with Gasteiger partial charge in [-0.3, -0.25) is 9.88 Å². The van der Waals surface area contributed by atoms with Crippen LogP contribution < -0.4 is 11.1 Å². The highest BCUT2D eigenvalue weighted by Gasteiger charge is 2.10. The molecule has 2 heterocycles. The predicted molar refractivity (Wildman–Crippen MR) is 88.4 cm³/mol. The lowest BCUT2D eigenvalue weighted by atomic mass is 10.1. The molecule has 1 aromatic carbocycles. The minimum atomic E-state index is 0.784. The highest BCUT2D eigenvalue weighted by Crippen LogP contribution is 2.26. The van der Waals surface area contributed by atoms with Crippen molar-refractivity contribution in [3.05, 3.63) is 30.5 Å². The Hall–Kier alpha value is -1.46. The van der Waals surface area contributed by atoms with E-state index < -0.39 is 0 Å². The van der Waals surface area contributed by atoms with Crippen molar-refractivity contribution in [1.29, 1.82) is 0 Å². The first-order chi connectivity index (χ1) is 9.84. The Morgan fingerprint density at radius 2 is 2.10 bits per heavy atom. The minimum absolute atomic E-state index is 0.784. The highest BCUT2D eigenvalue weighted by molar-refractivity contribution is 7.99. The molecule has 3 rings (SSSR count). The van der Waals surface area contributed by atoms with Gasteiger partial charge in [-0.25, -0.2) is 0 Å². The van der Waals surface area contributed by atoms with Crippen molar-refractivity contribution < 1.29 is 0 Å². The van der Waals surface area contributed by atoms with Crippen LogP contribution in [0.3, 0.4) is 0 Å². The fourth-order valence-corrected chi connectivity index (χ4v) is 3.49. The minimum Gasteiger partial charge on any atom is -0.398 e. The molecule has 0 unspecified atom stereocenters. The lowest BCUT2D eigenvalue weighted by Crippen LogP contribution is -2.36. The van der Waals surface area contributed by atoms with E-state index in [9.17, 15) is 0 Å². The van der Waals surface area contributed by atoms with E-state index in [0.717, 1.165) is 35.4 Å². The number of rotatable bonds is 4. The molecule has 0 atom stereocenters. The van der Waals surface area contributed by atoms with Gasteiger partial charge in [-0.1, -0.05) is 0 Å². The lowest BCUT2D eigenvalue weighted by Gasteiger charge is -2.26. The summed E-state index contributed by atoms with van der Waals surface area (Å²) >= 11 is 2.05. The molecule has 0 aliphatic carbocycles. The third kappa shape index (κ3) is 2.99. The number of pyridine rings is 1. The van der Waals surface area contributed by atoms with Crippen LogP contribution in [0, 0.1) is 0 Å². The first-order valence-electron chi connectivity index (χ1n) is 7.02. The number of hydrogen-bond acceptors (Lipinski definition) is 5. The molecule has 0 bridgehead atoms. The largest absolute Gasteiger partial charge is 0.398 e. The van der Waals surface area contributed by atoms with E-state index in [-0.39, 0.29) is 0 Å². The van der Waals surface area contributed by atoms with E-state index in [1.807, 2.05) is 42.2 Å². The number of hydrogen-bond donors (Lipinski definition) is 2. The molecule has 1 saturated heterocycles. The van der Waals surface area contributed by atoms with Crippen molar-refractivity contribution in [3.63, 3.8) is 0 Å². The monoisotopic (exact) mass is 288 g/mol. The smallest absolute Gasteiger partial charge is 0.0953 e. The Labute approximate surface area is 123 Å². The fraction of sp³-hybridized carbons (Fsp3) is 0.400. The molecular weight excluding hydrogens is 268 g/mol. The normalized spacial score (nSPS) is 16.4. The molecule has 3 N–H and O–H groups in total. The van der Waals surface area contributed by atoms with E-state index in [4.69, 9.17) is 5.73 Å². The molecule has 1 aliphatic rings.